The van der Waals surface area contributed by atoms with Gasteiger partial charge in [-0.05, 0) is 39.0 Å². The van der Waals surface area contributed by atoms with Crippen molar-refractivity contribution >= 4 is 11.6 Å². The Morgan fingerprint density at radius 3 is 2.91 bits per heavy atom. The molecule has 5 heteroatoms. The molecule has 3 rings (SSSR count). The number of carbonyl (C=O) groups is 1. The summed E-state index contributed by atoms with van der Waals surface area (Å²) in [6.45, 7) is 6.32. The summed E-state index contributed by atoms with van der Waals surface area (Å²) in [7, 11) is 0. The van der Waals surface area contributed by atoms with E-state index in [2.05, 4.69) is 4.98 Å². The number of carbonyl (C=O) groups excluding carboxylic acids is 1. The Morgan fingerprint density at radius 1 is 1.35 bits per heavy atom. The van der Waals surface area contributed by atoms with Gasteiger partial charge < -0.3 is 9.47 Å². The van der Waals surface area contributed by atoms with Crippen LogP contribution >= 0.6 is 0 Å². The summed E-state index contributed by atoms with van der Waals surface area (Å²) >= 11 is 0. The summed E-state index contributed by atoms with van der Waals surface area (Å²) in [4.78, 5) is 18.9. The molecule has 0 fully saturated rings. The zero-order valence-corrected chi connectivity index (χ0v) is 13.5. The first-order valence-corrected chi connectivity index (χ1v) is 7.73. The molecule has 23 heavy (non-hydrogen) atoms. The third-order valence-corrected chi connectivity index (χ3v) is 3.60. The van der Waals surface area contributed by atoms with Gasteiger partial charge in [0.05, 0.1) is 29.6 Å². The molecule has 0 saturated heterocycles. The van der Waals surface area contributed by atoms with Crippen molar-refractivity contribution in [1.82, 2.24) is 4.98 Å². The highest BCUT2D eigenvalue weighted by Gasteiger charge is 2.30. The molecule has 5 nitrogen and oxygen atoms in total. The molecule has 1 atom stereocenters. The molecule has 2 aromatic rings. The first-order valence-electron chi connectivity index (χ1n) is 7.73. The van der Waals surface area contributed by atoms with Crippen LogP contribution in [0, 0.1) is 0 Å². The lowest BCUT2D eigenvalue weighted by atomic mass is 10.1. The SMILES string of the molecule is CC(C)Oc1cncc(C(=O)N2c3ccccc3OCC2C)c1. The number of ether oxygens (including phenoxy) is 2. The van der Waals surface area contributed by atoms with Gasteiger partial charge in [-0.15, -0.1) is 0 Å². The van der Waals surface area contributed by atoms with Crippen molar-refractivity contribution in [2.75, 3.05) is 11.5 Å². The second-order valence-electron chi connectivity index (χ2n) is 5.88. The first kappa shape index (κ1) is 15.3. The molecule has 1 aliphatic heterocycles. The van der Waals surface area contributed by atoms with E-state index in [1.54, 1.807) is 23.4 Å². The summed E-state index contributed by atoms with van der Waals surface area (Å²) in [5.74, 6) is 1.22. The lowest BCUT2D eigenvalue weighted by molar-refractivity contribution is 0.0960. The van der Waals surface area contributed by atoms with Gasteiger partial charge in [0.2, 0.25) is 0 Å². The van der Waals surface area contributed by atoms with Gasteiger partial charge in [-0.1, -0.05) is 12.1 Å². The molecule has 0 bridgehead atoms. The molecular weight excluding hydrogens is 292 g/mol. The second kappa shape index (κ2) is 6.28. The fourth-order valence-electron chi connectivity index (χ4n) is 2.62. The van der Waals surface area contributed by atoms with E-state index in [1.165, 1.54) is 0 Å². The van der Waals surface area contributed by atoms with E-state index in [-0.39, 0.29) is 18.1 Å². The van der Waals surface area contributed by atoms with Gasteiger partial charge in [0, 0.05) is 6.20 Å². The molecule has 0 aliphatic carbocycles. The van der Waals surface area contributed by atoms with Crippen molar-refractivity contribution in [3.05, 3.63) is 48.3 Å². The molecule has 0 saturated carbocycles. The van der Waals surface area contributed by atoms with E-state index >= 15 is 0 Å². The van der Waals surface area contributed by atoms with Crippen LogP contribution in [-0.4, -0.2) is 29.6 Å². The van der Waals surface area contributed by atoms with Crippen LogP contribution in [-0.2, 0) is 0 Å². The number of pyridine rings is 1. The van der Waals surface area contributed by atoms with Crippen molar-refractivity contribution in [3.8, 4) is 11.5 Å². The van der Waals surface area contributed by atoms with Crippen molar-refractivity contribution in [3.63, 3.8) is 0 Å². The molecule has 120 valence electrons. The molecule has 0 radical (unpaired) electrons. The van der Waals surface area contributed by atoms with E-state index in [0.717, 1.165) is 11.4 Å². The van der Waals surface area contributed by atoms with Crippen LogP contribution in [0.2, 0.25) is 0 Å². The average Bonchev–Trinajstić information content (AvgIpc) is 2.54. The molecule has 1 aliphatic rings. The standard InChI is InChI=1S/C18H20N2O3/c1-12(2)23-15-8-14(9-19-10-15)18(21)20-13(3)11-22-17-7-5-4-6-16(17)20/h4-10,12-13H,11H2,1-3H3. The highest BCUT2D eigenvalue weighted by Crippen LogP contribution is 2.34. The maximum absolute atomic E-state index is 13.0. The number of para-hydroxylation sites is 2. The van der Waals surface area contributed by atoms with Crippen LogP contribution in [0.3, 0.4) is 0 Å². The van der Waals surface area contributed by atoms with Crippen LogP contribution in [0.25, 0.3) is 0 Å². The maximum atomic E-state index is 13.0. The second-order valence-corrected chi connectivity index (χ2v) is 5.88. The highest BCUT2D eigenvalue weighted by molar-refractivity contribution is 6.07. The number of aromatic nitrogens is 1. The third kappa shape index (κ3) is 3.13. The Balaban J connectivity index is 1.94. The molecular formula is C18H20N2O3. The monoisotopic (exact) mass is 312 g/mol. The van der Waals surface area contributed by atoms with Crippen LogP contribution in [0.15, 0.2) is 42.7 Å². The molecule has 0 spiro atoms. The van der Waals surface area contributed by atoms with Crippen molar-refractivity contribution in [2.45, 2.75) is 32.9 Å². The van der Waals surface area contributed by atoms with Gasteiger partial charge in [0.15, 0.2) is 0 Å². The molecule has 1 unspecified atom stereocenters. The molecule has 1 amide bonds. The number of hydrogen-bond donors (Lipinski definition) is 0. The van der Waals surface area contributed by atoms with Gasteiger partial charge >= 0.3 is 0 Å². The van der Waals surface area contributed by atoms with Crippen molar-refractivity contribution < 1.29 is 14.3 Å². The summed E-state index contributed by atoms with van der Waals surface area (Å²) in [6, 6.07) is 9.25. The average molecular weight is 312 g/mol. The lowest BCUT2D eigenvalue weighted by Gasteiger charge is -2.35. The smallest absolute Gasteiger partial charge is 0.260 e. The maximum Gasteiger partial charge on any atom is 0.260 e. The normalized spacial score (nSPS) is 16.7. The predicted molar refractivity (Wildman–Crippen MR) is 88.2 cm³/mol. The Labute approximate surface area is 135 Å². The van der Waals surface area contributed by atoms with Gasteiger partial charge in [-0.25, -0.2) is 0 Å². The molecule has 0 N–H and O–H groups in total. The summed E-state index contributed by atoms with van der Waals surface area (Å²) in [5, 5.41) is 0. The van der Waals surface area contributed by atoms with Crippen molar-refractivity contribution in [2.24, 2.45) is 0 Å². The quantitative estimate of drug-likeness (QED) is 0.872. The minimum atomic E-state index is -0.102. The van der Waals surface area contributed by atoms with Gasteiger partial charge in [-0.2, -0.15) is 0 Å². The van der Waals surface area contributed by atoms with E-state index < -0.39 is 0 Å². The number of anilines is 1. The fourth-order valence-corrected chi connectivity index (χ4v) is 2.62. The first-order chi connectivity index (χ1) is 11.1. The lowest BCUT2D eigenvalue weighted by Crippen LogP contribution is -2.45. The number of benzene rings is 1. The number of fused-ring (bicyclic) bond motifs is 1. The van der Waals surface area contributed by atoms with E-state index in [0.29, 0.717) is 17.9 Å². The Bertz CT molecular complexity index is 715. The summed E-state index contributed by atoms with van der Waals surface area (Å²) in [6.07, 6.45) is 3.22. The van der Waals surface area contributed by atoms with E-state index in [9.17, 15) is 4.79 Å². The molecule has 2 heterocycles. The highest BCUT2D eigenvalue weighted by atomic mass is 16.5. The minimum absolute atomic E-state index is 0.0326. The van der Waals surface area contributed by atoms with Gasteiger partial charge in [0.25, 0.3) is 5.91 Å². The van der Waals surface area contributed by atoms with Gasteiger partial charge in [-0.3, -0.25) is 14.7 Å². The van der Waals surface area contributed by atoms with Crippen LogP contribution in [0.1, 0.15) is 31.1 Å². The van der Waals surface area contributed by atoms with E-state index in [4.69, 9.17) is 9.47 Å². The largest absolute Gasteiger partial charge is 0.489 e. The minimum Gasteiger partial charge on any atom is -0.489 e. The molecule has 1 aromatic carbocycles. The summed E-state index contributed by atoms with van der Waals surface area (Å²) < 4.78 is 11.3. The summed E-state index contributed by atoms with van der Waals surface area (Å²) in [5.41, 5.74) is 1.29. The zero-order valence-electron chi connectivity index (χ0n) is 13.5. The topological polar surface area (TPSA) is 51.7 Å². The Hall–Kier alpha value is -2.56. The van der Waals surface area contributed by atoms with Crippen LogP contribution < -0.4 is 14.4 Å². The van der Waals surface area contributed by atoms with Crippen LogP contribution in [0.5, 0.6) is 11.5 Å². The Kier molecular flexibility index (Phi) is 4.19. The predicted octanol–water partition coefficient (Wildman–Crippen LogP) is 3.30. The third-order valence-electron chi connectivity index (χ3n) is 3.60. The van der Waals surface area contributed by atoms with Crippen molar-refractivity contribution in [1.29, 1.82) is 0 Å². The van der Waals surface area contributed by atoms with Crippen LogP contribution in [0.4, 0.5) is 5.69 Å². The van der Waals surface area contributed by atoms with Gasteiger partial charge in [0.1, 0.15) is 18.1 Å². The number of nitrogens with zero attached hydrogens (tertiary/aromatic N) is 2. The number of amides is 1. The fraction of sp³-hybridized carbons (Fsp3) is 0.333. The number of rotatable bonds is 3. The van der Waals surface area contributed by atoms with E-state index in [1.807, 2.05) is 45.0 Å². The Morgan fingerprint density at radius 2 is 2.13 bits per heavy atom. The molecule has 1 aromatic heterocycles. The number of hydrogen-bond acceptors (Lipinski definition) is 4. The zero-order chi connectivity index (χ0) is 16.4.